The fraction of sp³-hybridized carbons (Fsp3) is 0.667. The standard InChI is InChI=1S/C18H28N2/c1-14(2)18-13-19-11-7-6-9-16(19)12-20(18)17-10-5-4-8-15(17)3/h4-5,8,10,14,16,18H,6-7,9,11-13H2,1-3H3. The Labute approximate surface area is 123 Å². The summed E-state index contributed by atoms with van der Waals surface area (Å²) in [5.41, 5.74) is 2.87. The molecule has 3 rings (SSSR count). The molecule has 2 heterocycles. The highest BCUT2D eigenvalue weighted by atomic mass is 15.3. The van der Waals surface area contributed by atoms with Crippen LogP contribution in [0.1, 0.15) is 38.7 Å². The molecule has 2 unspecified atom stereocenters. The summed E-state index contributed by atoms with van der Waals surface area (Å²) in [5.74, 6) is 0.706. The van der Waals surface area contributed by atoms with E-state index in [9.17, 15) is 0 Å². The van der Waals surface area contributed by atoms with Gasteiger partial charge in [-0.25, -0.2) is 0 Å². The highest BCUT2D eigenvalue weighted by Crippen LogP contribution is 2.32. The summed E-state index contributed by atoms with van der Waals surface area (Å²) in [5, 5.41) is 0. The zero-order valence-corrected chi connectivity index (χ0v) is 13.2. The first kappa shape index (κ1) is 13.9. The minimum absolute atomic E-state index is 0.658. The molecule has 110 valence electrons. The third-order valence-electron chi connectivity index (χ3n) is 5.17. The summed E-state index contributed by atoms with van der Waals surface area (Å²) in [7, 11) is 0. The number of hydrogen-bond donors (Lipinski definition) is 0. The van der Waals surface area contributed by atoms with Crippen LogP contribution in [0.5, 0.6) is 0 Å². The van der Waals surface area contributed by atoms with Crippen LogP contribution >= 0.6 is 0 Å². The first-order chi connectivity index (χ1) is 9.66. The predicted molar refractivity (Wildman–Crippen MR) is 86.4 cm³/mol. The summed E-state index contributed by atoms with van der Waals surface area (Å²) >= 11 is 0. The molecule has 1 aromatic rings. The molecule has 0 saturated carbocycles. The highest BCUT2D eigenvalue weighted by Gasteiger charge is 2.36. The molecule has 0 amide bonds. The highest BCUT2D eigenvalue weighted by molar-refractivity contribution is 5.54. The molecule has 2 heteroatoms. The van der Waals surface area contributed by atoms with Crippen LogP contribution < -0.4 is 4.90 Å². The van der Waals surface area contributed by atoms with E-state index in [1.807, 2.05) is 0 Å². The van der Waals surface area contributed by atoms with Gasteiger partial charge in [0.25, 0.3) is 0 Å². The molecule has 2 aliphatic rings. The van der Waals surface area contributed by atoms with Gasteiger partial charge in [0.2, 0.25) is 0 Å². The summed E-state index contributed by atoms with van der Waals surface area (Å²) < 4.78 is 0. The van der Waals surface area contributed by atoms with Crippen molar-refractivity contribution in [3.8, 4) is 0 Å². The third kappa shape index (κ3) is 2.58. The number of para-hydroxylation sites is 1. The van der Waals surface area contributed by atoms with E-state index in [2.05, 4.69) is 54.8 Å². The Balaban J connectivity index is 1.88. The van der Waals surface area contributed by atoms with Crippen molar-refractivity contribution < 1.29 is 0 Å². The Morgan fingerprint density at radius 3 is 2.65 bits per heavy atom. The van der Waals surface area contributed by atoms with Crippen LogP contribution in [0.3, 0.4) is 0 Å². The van der Waals surface area contributed by atoms with Crippen molar-refractivity contribution in [2.24, 2.45) is 5.92 Å². The number of aryl methyl sites for hydroxylation is 1. The Kier molecular flexibility index (Phi) is 4.02. The zero-order valence-electron chi connectivity index (χ0n) is 13.2. The number of anilines is 1. The van der Waals surface area contributed by atoms with Gasteiger partial charge in [-0.3, -0.25) is 4.90 Å². The number of piperazine rings is 1. The second kappa shape index (κ2) is 5.77. The second-order valence-electron chi connectivity index (χ2n) is 6.89. The van der Waals surface area contributed by atoms with Crippen LogP contribution in [0.4, 0.5) is 5.69 Å². The first-order valence-electron chi connectivity index (χ1n) is 8.23. The van der Waals surface area contributed by atoms with Crippen molar-refractivity contribution in [2.75, 3.05) is 24.5 Å². The van der Waals surface area contributed by atoms with Crippen molar-refractivity contribution in [1.82, 2.24) is 4.90 Å². The molecule has 0 N–H and O–H groups in total. The van der Waals surface area contributed by atoms with E-state index in [0.717, 1.165) is 6.04 Å². The minimum Gasteiger partial charge on any atom is -0.365 e. The van der Waals surface area contributed by atoms with Gasteiger partial charge in [0.05, 0.1) is 0 Å². The van der Waals surface area contributed by atoms with E-state index >= 15 is 0 Å². The molecule has 0 radical (unpaired) electrons. The summed E-state index contributed by atoms with van der Waals surface area (Å²) in [4.78, 5) is 5.45. The molecule has 0 bridgehead atoms. The fourth-order valence-electron chi connectivity index (χ4n) is 3.94. The van der Waals surface area contributed by atoms with Crippen molar-refractivity contribution in [3.05, 3.63) is 29.8 Å². The third-order valence-corrected chi connectivity index (χ3v) is 5.17. The van der Waals surface area contributed by atoms with Crippen molar-refractivity contribution >= 4 is 5.69 Å². The number of benzene rings is 1. The Hall–Kier alpha value is -1.02. The number of nitrogens with zero attached hydrogens (tertiary/aromatic N) is 2. The van der Waals surface area contributed by atoms with Crippen molar-refractivity contribution in [2.45, 2.75) is 52.1 Å². The molecule has 2 nitrogen and oxygen atoms in total. The van der Waals surface area contributed by atoms with E-state index in [1.165, 1.54) is 50.1 Å². The monoisotopic (exact) mass is 272 g/mol. The smallest absolute Gasteiger partial charge is 0.0440 e. The molecule has 2 fully saturated rings. The van der Waals surface area contributed by atoms with Crippen LogP contribution in [-0.2, 0) is 0 Å². The van der Waals surface area contributed by atoms with Gasteiger partial charge in [-0.05, 0) is 43.9 Å². The SMILES string of the molecule is Cc1ccccc1N1CC2CCCCN2CC1C(C)C. The Morgan fingerprint density at radius 2 is 1.90 bits per heavy atom. The molecule has 2 atom stereocenters. The van der Waals surface area contributed by atoms with Gasteiger partial charge in [-0.2, -0.15) is 0 Å². The van der Waals surface area contributed by atoms with E-state index in [-0.39, 0.29) is 0 Å². The van der Waals surface area contributed by atoms with E-state index < -0.39 is 0 Å². The van der Waals surface area contributed by atoms with Crippen LogP contribution in [0, 0.1) is 12.8 Å². The number of piperidine rings is 1. The maximum absolute atomic E-state index is 2.75. The second-order valence-corrected chi connectivity index (χ2v) is 6.89. The van der Waals surface area contributed by atoms with Gasteiger partial charge in [0, 0.05) is 30.9 Å². The topological polar surface area (TPSA) is 6.48 Å². The van der Waals surface area contributed by atoms with Crippen LogP contribution in [0.2, 0.25) is 0 Å². The maximum Gasteiger partial charge on any atom is 0.0440 e. The average molecular weight is 272 g/mol. The maximum atomic E-state index is 2.75. The Bertz CT molecular complexity index is 454. The lowest BCUT2D eigenvalue weighted by Gasteiger charge is -2.51. The van der Waals surface area contributed by atoms with Gasteiger partial charge in [0.1, 0.15) is 0 Å². The minimum atomic E-state index is 0.658. The molecule has 2 saturated heterocycles. The lowest BCUT2D eigenvalue weighted by atomic mass is 9.91. The van der Waals surface area contributed by atoms with E-state index in [4.69, 9.17) is 0 Å². The summed E-state index contributed by atoms with van der Waals surface area (Å²) in [6.45, 7) is 10.8. The van der Waals surface area contributed by atoms with Gasteiger partial charge in [-0.15, -0.1) is 0 Å². The first-order valence-corrected chi connectivity index (χ1v) is 8.23. The zero-order chi connectivity index (χ0) is 14.1. The van der Waals surface area contributed by atoms with Gasteiger partial charge in [0.15, 0.2) is 0 Å². The summed E-state index contributed by atoms with van der Waals surface area (Å²) in [6, 6.07) is 10.3. The van der Waals surface area contributed by atoms with E-state index in [1.54, 1.807) is 0 Å². The van der Waals surface area contributed by atoms with Crippen LogP contribution in [-0.4, -0.2) is 36.6 Å². The average Bonchev–Trinajstić information content (AvgIpc) is 2.46. The number of fused-ring (bicyclic) bond motifs is 1. The molecule has 1 aromatic carbocycles. The molecule has 20 heavy (non-hydrogen) atoms. The van der Waals surface area contributed by atoms with Gasteiger partial charge < -0.3 is 4.90 Å². The lowest BCUT2D eigenvalue weighted by molar-refractivity contribution is 0.100. The largest absolute Gasteiger partial charge is 0.365 e. The Morgan fingerprint density at radius 1 is 1.10 bits per heavy atom. The molecular formula is C18H28N2. The quantitative estimate of drug-likeness (QED) is 0.810. The number of hydrogen-bond acceptors (Lipinski definition) is 2. The molecule has 2 aliphatic heterocycles. The van der Waals surface area contributed by atoms with Crippen LogP contribution in [0.15, 0.2) is 24.3 Å². The molecule has 0 aliphatic carbocycles. The molecule has 0 spiro atoms. The van der Waals surface area contributed by atoms with Gasteiger partial charge >= 0.3 is 0 Å². The normalized spacial score (nSPS) is 27.7. The molecule has 0 aromatic heterocycles. The predicted octanol–water partition coefficient (Wildman–Crippen LogP) is 3.69. The van der Waals surface area contributed by atoms with Crippen molar-refractivity contribution in [3.63, 3.8) is 0 Å². The van der Waals surface area contributed by atoms with Crippen molar-refractivity contribution in [1.29, 1.82) is 0 Å². The lowest BCUT2D eigenvalue weighted by Crippen LogP contribution is -2.61. The van der Waals surface area contributed by atoms with E-state index in [0.29, 0.717) is 12.0 Å². The summed E-state index contributed by atoms with van der Waals surface area (Å²) in [6.07, 6.45) is 4.19. The fourth-order valence-corrected chi connectivity index (χ4v) is 3.94. The van der Waals surface area contributed by atoms with Gasteiger partial charge in [-0.1, -0.05) is 38.5 Å². The molecular weight excluding hydrogens is 244 g/mol. The number of rotatable bonds is 2. The van der Waals surface area contributed by atoms with Crippen LogP contribution in [0.25, 0.3) is 0 Å².